The van der Waals surface area contributed by atoms with E-state index in [1.807, 2.05) is 24.4 Å². The standard InChI is InChI=1S/C20H19FN4O3S/c1-12-16(19-23-18(24-28-19)15-7-4-10-29-15)17(13-5-3-6-14(21)11-13)22-20(26)25(12)8-9-27-2/h3-7,10-11,17H,8-9H2,1-2H3,(H,22,26). The fourth-order valence-electron chi connectivity index (χ4n) is 3.29. The molecule has 0 bridgehead atoms. The number of benzene rings is 1. The highest BCUT2D eigenvalue weighted by Crippen LogP contribution is 2.37. The Balaban J connectivity index is 1.81. The number of nitrogens with one attached hydrogen (secondary N) is 1. The molecule has 29 heavy (non-hydrogen) atoms. The number of urea groups is 1. The first kappa shape index (κ1) is 19.3. The van der Waals surface area contributed by atoms with Gasteiger partial charge in [-0.2, -0.15) is 4.98 Å². The summed E-state index contributed by atoms with van der Waals surface area (Å²) in [5.74, 6) is 0.358. The number of hydrogen-bond acceptors (Lipinski definition) is 6. The molecule has 0 aliphatic carbocycles. The van der Waals surface area contributed by atoms with Gasteiger partial charge in [0, 0.05) is 12.8 Å². The van der Waals surface area contributed by atoms with Gasteiger partial charge < -0.3 is 14.6 Å². The highest BCUT2D eigenvalue weighted by Gasteiger charge is 2.35. The van der Waals surface area contributed by atoms with E-state index in [-0.39, 0.29) is 17.7 Å². The van der Waals surface area contributed by atoms with Crippen LogP contribution in [0, 0.1) is 5.82 Å². The predicted octanol–water partition coefficient (Wildman–Crippen LogP) is 4.08. The molecule has 7 nitrogen and oxygen atoms in total. The third-order valence-corrected chi connectivity index (χ3v) is 5.56. The Labute approximate surface area is 170 Å². The van der Waals surface area contributed by atoms with Gasteiger partial charge in [0.15, 0.2) is 0 Å². The molecule has 1 aromatic carbocycles. The number of thiophene rings is 1. The second-order valence-corrected chi connectivity index (χ2v) is 7.43. The predicted molar refractivity (Wildman–Crippen MR) is 106 cm³/mol. The van der Waals surface area contributed by atoms with Gasteiger partial charge in [0.2, 0.25) is 5.82 Å². The lowest BCUT2D eigenvalue weighted by Crippen LogP contribution is -2.47. The number of carbonyl (C=O) groups is 1. The van der Waals surface area contributed by atoms with E-state index in [0.717, 1.165) is 4.88 Å². The summed E-state index contributed by atoms with van der Waals surface area (Å²) in [6, 6.07) is 9.00. The third kappa shape index (κ3) is 3.79. The van der Waals surface area contributed by atoms with Crippen LogP contribution in [0.2, 0.25) is 0 Å². The first-order valence-corrected chi connectivity index (χ1v) is 9.87. The quantitative estimate of drug-likeness (QED) is 0.657. The Kier molecular flexibility index (Phi) is 5.41. The van der Waals surface area contributed by atoms with Crippen LogP contribution in [0.5, 0.6) is 0 Å². The van der Waals surface area contributed by atoms with E-state index in [1.54, 1.807) is 24.1 Å². The number of carbonyl (C=O) groups excluding carboxylic acids is 1. The highest BCUT2D eigenvalue weighted by molar-refractivity contribution is 7.13. The monoisotopic (exact) mass is 414 g/mol. The van der Waals surface area contributed by atoms with Crippen LogP contribution in [0.15, 0.2) is 52.0 Å². The molecule has 0 saturated heterocycles. The average molecular weight is 414 g/mol. The van der Waals surface area contributed by atoms with Crippen LogP contribution < -0.4 is 5.32 Å². The number of halogens is 1. The lowest BCUT2D eigenvalue weighted by Gasteiger charge is -2.35. The summed E-state index contributed by atoms with van der Waals surface area (Å²) in [6.07, 6.45) is 0. The van der Waals surface area contributed by atoms with Crippen molar-refractivity contribution in [3.05, 3.63) is 64.7 Å². The van der Waals surface area contributed by atoms with Crippen molar-refractivity contribution >= 4 is 22.9 Å². The van der Waals surface area contributed by atoms with Crippen molar-refractivity contribution in [1.82, 2.24) is 20.4 Å². The van der Waals surface area contributed by atoms with E-state index in [1.165, 1.54) is 23.5 Å². The van der Waals surface area contributed by atoms with Crippen molar-refractivity contribution in [2.45, 2.75) is 13.0 Å². The zero-order valence-electron chi connectivity index (χ0n) is 15.9. The molecular formula is C20H19FN4O3S. The van der Waals surface area contributed by atoms with Crippen molar-refractivity contribution in [2.24, 2.45) is 0 Å². The van der Waals surface area contributed by atoms with Crippen molar-refractivity contribution in [1.29, 1.82) is 0 Å². The number of amides is 2. The Hall–Kier alpha value is -3.04. The number of ether oxygens (including phenoxy) is 1. The zero-order chi connectivity index (χ0) is 20.4. The van der Waals surface area contributed by atoms with Gasteiger partial charge in [0.1, 0.15) is 5.82 Å². The van der Waals surface area contributed by atoms with Gasteiger partial charge in [-0.1, -0.05) is 23.4 Å². The number of methoxy groups -OCH3 is 1. The number of rotatable bonds is 6. The minimum absolute atomic E-state index is 0.280. The van der Waals surface area contributed by atoms with Gasteiger partial charge >= 0.3 is 6.03 Å². The van der Waals surface area contributed by atoms with Crippen LogP contribution in [0.1, 0.15) is 24.4 Å². The van der Waals surface area contributed by atoms with Crippen LogP contribution in [-0.2, 0) is 4.74 Å². The van der Waals surface area contributed by atoms with E-state index < -0.39 is 6.04 Å². The zero-order valence-corrected chi connectivity index (χ0v) is 16.7. The van der Waals surface area contributed by atoms with Crippen LogP contribution >= 0.6 is 11.3 Å². The maximum absolute atomic E-state index is 13.9. The molecular weight excluding hydrogens is 395 g/mol. The van der Waals surface area contributed by atoms with Crippen molar-refractivity contribution in [3.8, 4) is 10.7 Å². The molecule has 3 aromatic rings. The van der Waals surface area contributed by atoms with Crippen LogP contribution in [0.3, 0.4) is 0 Å². The van der Waals surface area contributed by atoms with Gasteiger partial charge in [-0.05, 0) is 36.1 Å². The second kappa shape index (κ2) is 8.14. The molecule has 1 unspecified atom stereocenters. The molecule has 4 rings (SSSR count). The van der Waals surface area contributed by atoms with E-state index in [4.69, 9.17) is 9.26 Å². The topological polar surface area (TPSA) is 80.5 Å². The van der Waals surface area contributed by atoms with E-state index in [9.17, 15) is 9.18 Å². The summed E-state index contributed by atoms with van der Waals surface area (Å²) in [5, 5.41) is 8.93. The second-order valence-electron chi connectivity index (χ2n) is 6.48. The molecule has 0 spiro atoms. The van der Waals surface area contributed by atoms with Gasteiger partial charge in [0.25, 0.3) is 5.89 Å². The van der Waals surface area contributed by atoms with E-state index >= 15 is 0 Å². The maximum atomic E-state index is 13.9. The van der Waals surface area contributed by atoms with Crippen molar-refractivity contribution < 1.29 is 18.4 Å². The molecule has 0 radical (unpaired) electrons. The number of nitrogens with zero attached hydrogens (tertiary/aromatic N) is 3. The van der Waals surface area contributed by atoms with E-state index in [2.05, 4.69) is 15.5 Å². The molecule has 1 N–H and O–H groups in total. The van der Waals surface area contributed by atoms with Gasteiger partial charge in [-0.3, -0.25) is 4.90 Å². The number of hydrogen-bond donors (Lipinski definition) is 1. The summed E-state index contributed by atoms with van der Waals surface area (Å²) in [5.41, 5.74) is 1.87. The fraction of sp³-hybridized carbons (Fsp3) is 0.250. The van der Waals surface area contributed by atoms with Crippen LogP contribution in [0.4, 0.5) is 9.18 Å². The Morgan fingerprint density at radius 1 is 1.34 bits per heavy atom. The maximum Gasteiger partial charge on any atom is 0.322 e. The molecule has 2 aromatic heterocycles. The summed E-state index contributed by atoms with van der Waals surface area (Å²) < 4.78 is 24.5. The molecule has 0 fully saturated rings. The first-order valence-electron chi connectivity index (χ1n) is 8.99. The summed E-state index contributed by atoms with van der Waals surface area (Å²) >= 11 is 1.50. The van der Waals surface area contributed by atoms with E-state index in [0.29, 0.717) is 35.8 Å². The Morgan fingerprint density at radius 2 is 2.21 bits per heavy atom. The number of allylic oxidation sites excluding steroid dienone is 1. The Bertz CT molecular complexity index is 1050. The van der Waals surface area contributed by atoms with Crippen LogP contribution in [0.25, 0.3) is 16.3 Å². The molecule has 1 atom stereocenters. The van der Waals surface area contributed by atoms with Crippen molar-refractivity contribution in [2.75, 3.05) is 20.3 Å². The first-order chi connectivity index (χ1) is 14.1. The van der Waals surface area contributed by atoms with Gasteiger partial charge in [0.05, 0.1) is 29.6 Å². The molecule has 1 aliphatic heterocycles. The molecule has 0 saturated carbocycles. The lowest BCUT2D eigenvalue weighted by atomic mass is 9.94. The molecule has 1 aliphatic rings. The summed E-state index contributed by atoms with van der Waals surface area (Å²) in [6.45, 7) is 2.54. The fourth-order valence-corrected chi connectivity index (χ4v) is 3.93. The summed E-state index contributed by atoms with van der Waals surface area (Å²) in [4.78, 5) is 19.7. The number of aromatic nitrogens is 2. The normalized spacial score (nSPS) is 17.0. The van der Waals surface area contributed by atoms with Gasteiger partial charge in [-0.15, -0.1) is 11.3 Å². The smallest absolute Gasteiger partial charge is 0.322 e. The molecule has 3 heterocycles. The molecule has 2 amide bonds. The van der Waals surface area contributed by atoms with Crippen LogP contribution in [-0.4, -0.2) is 41.3 Å². The molecule has 9 heteroatoms. The summed E-state index contributed by atoms with van der Waals surface area (Å²) in [7, 11) is 1.57. The molecule has 150 valence electrons. The largest absolute Gasteiger partial charge is 0.383 e. The van der Waals surface area contributed by atoms with Crippen molar-refractivity contribution in [3.63, 3.8) is 0 Å². The average Bonchev–Trinajstić information content (AvgIpc) is 3.39. The SMILES string of the molecule is COCCN1C(=O)NC(c2cccc(F)c2)C(c2nc(-c3cccs3)no2)=C1C. The minimum atomic E-state index is -0.617. The lowest BCUT2D eigenvalue weighted by molar-refractivity contribution is 0.158. The highest BCUT2D eigenvalue weighted by atomic mass is 32.1. The van der Waals surface area contributed by atoms with Gasteiger partial charge in [-0.25, -0.2) is 9.18 Å². The Morgan fingerprint density at radius 3 is 2.93 bits per heavy atom. The minimum Gasteiger partial charge on any atom is -0.383 e. The third-order valence-electron chi connectivity index (χ3n) is 4.70.